The SMILES string of the molecule is [CH2-]NC(C)CO.[Cr]. The molecule has 2 nitrogen and oxygen atoms in total. The van der Waals surface area contributed by atoms with Gasteiger partial charge in [0.2, 0.25) is 0 Å². The Morgan fingerprint density at radius 2 is 2.29 bits per heavy atom. The van der Waals surface area contributed by atoms with Crippen molar-refractivity contribution >= 4 is 0 Å². The third kappa shape index (κ3) is 6.45. The number of hydrogen-bond donors (Lipinski definition) is 2. The summed E-state index contributed by atoms with van der Waals surface area (Å²) >= 11 is 0. The van der Waals surface area contributed by atoms with E-state index >= 15 is 0 Å². The van der Waals surface area contributed by atoms with Gasteiger partial charge in [0.05, 0.1) is 6.61 Å². The van der Waals surface area contributed by atoms with Crippen molar-refractivity contribution in [3.05, 3.63) is 7.05 Å². The first-order valence-electron chi connectivity index (χ1n) is 1.94. The van der Waals surface area contributed by atoms with Crippen LogP contribution in [0.25, 0.3) is 0 Å². The fourth-order valence-electron chi connectivity index (χ4n) is 0.0645. The van der Waals surface area contributed by atoms with E-state index in [1.807, 2.05) is 6.92 Å². The van der Waals surface area contributed by atoms with Gasteiger partial charge >= 0.3 is 0 Å². The van der Waals surface area contributed by atoms with Crippen molar-refractivity contribution in [1.82, 2.24) is 5.32 Å². The minimum Gasteiger partial charge on any atom is -0.468 e. The molecule has 0 aromatic carbocycles. The van der Waals surface area contributed by atoms with Crippen molar-refractivity contribution in [2.24, 2.45) is 0 Å². The molecule has 0 saturated carbocycles. The zero-order chi connectivity index (χ0) is 4.99. The molecule has 0 heterocycles. The monoisotopic (exact) mass is 140 g/mol. The quantitative estimate of drug-likeness (QED) is 0.518. The Morgan fingerprint density at radius 1 is 1.86 bits per heavy atom. The standard InChI is InChI=1S/C4H10NO.Cr/c1-4(3-6)5-2;/h4-6H,2-3H2,1H3;/q-1;. The van der Waals surface area contributed by atoms with Gasteiger partial charge < -0.3 is 10.4 Å². The summed E-state index contributed by atoms with van der Waals surface area (Å²) in [6.07, 6.45) is 0. The molecule has 0 aromatic heterocycles. The smallest absolute Gasteiger partial charge is 0.0558 e. The van der Waals surface area contributed by atoms with E-state index in [1.54, 1.807) is 0 Å². The van der Waals surface area contributed by atoms with Gasteiger partial charge in [0.15, 0.2) is 0 Å². The van der Waals surface area contributed by atoms with Crippen LogP contribution in [0.1, 0.15) is 6.92 Å². The van der Waals surface area contributed by atoms with Crippen LogP contribution in [0.2, 0.25) is 0 Å². The molecule has 0 aliphatic heterocycles. The number of nitrogens with one attached hydrogen (secondary N) is 1. The van der Waals surface area contributed by atoms with Crippen LogP contribution < -0.4 is 5.32 Å². The molecule has 7 heavy (non-hydrogen) atoms. The maximum atomic E-state index is 8.23. The third-order valence-electron chi connectivity index (χ3n) is 0.622. The second-order valence-electron chi connectivity index (χ2n) is 1.29. The number of hydrogen-bond acceptors (Lipinski definition) is 2. The normalized spacial score (nSPS) is 12.4. The second-order valence-corrected chi connectivity index (χ2v) is 1.29. The predicted octanol–water partition coefficient (Wildman–Crippen LogP) is -0.254. The summed E-state index contributed by atoms with van der Waals surface area (Å²) in [4.78, 5) is 0. The van der Waals surface area contributed by atoms with E-state index in [0.717, 1.165) is 0 Å². The van der Waals surface area contributed by atoms with Crippen molar-refractivity contribution in [2.75, 3.05) is 6.61 Å². The predicted molar refractivity (Wildman–Crippen MR) is 25.0 cm³/mol. The topological polar surface area (TPSA) is 32.3 Å². The van der Waals surface area contributed by atoms with Crippen LogP contribution in [-0.4, -0.2) is 17.8 Å². The molecule has 0 aliphatic rings. The second kappa shape index (κ2) is 6.45. The Morgan fingerprint density at radius 3 is 2.29 bits per heavy atom. The van der Waals surface area contributed by atoms with Crippen LogP contribution in [0.4, 0.5) is 0 Å². The molecule has 0 amide bonds. The van der Waals surface area contributed by atoms with Crippen molar-refractivity contribution in [1.29, 1.82) is 0 Å². The number of rotatable bonds is 2. The maximum absolute atomic E-state index is 8.23. The van der Waals surface area contributed by atoms with Crippen molar-refractivity contribution < 1.29 is 22.5 Å². The molecule has 0 radical (unpaired) electrons. The van der Waals surface area contributed by atoms with E-state index in [9.17, 15) is 0 Å². The summed E-state index contributed by atoms with van der Waals surface area (Å²) in [6.45, 7) is 2.01. The van der Waals surface area contributed by atoms with Gasteiger partial charge in [-0.05, 0) is 13.0 Å². The third-order valence-corrected chi connectivity index (χ3v) is 0.622. The molecule has 0 saturated heterocycles. The van der Waals surface area contributed by atoms with Crippen LogP contribution in [0, 0.1) is 7.05 Å². The molecular formula is C4H10CrNO-. The molecule has 1 unspecified atom stereocenters. The molecule has 0 spiro atoms. The summed E-state index contributed by atoms with van der Waals surface area (Å²) in [7, 11) is 3.35. The summed E-state index contributed by atoms with van der Waals surface area (Å²) in [5, 5.41) is 10.8. The molecule has 0 rings (SSSR count). The largest absolute Gasteiger partial charge is 0.468 e. The van der Waals surface area contributed by atoms with E-state index in [2.05, 4.69) is 12.4 Å². The van der Waals surface area contributed by atoms with E-state index < -0.39 is 0 Å². The molecule has 44 valence electrons. The Balaban J connectivity index is 0. The molecule has 0 bridgehead atoms. The van der Waals surface area contributed by atoms with Gasteiger partial charge in [-0.1, -0.05) is 0 Å². The van der Waals surface area contributed by atoms with E-state index in [4.69, 9.17) is 5.11 Å². The fraction of sp³-hybridized carbons (Fsp3) is 0.750. The van der Waals surface area contributed by atoms with Gasteiger partial charge in [-0.15, -0.1) is 0 Å². The summed E-state index contributed by atoms with van der Waals surface area (Å²) in [5.74, 6) is 0. The molecule has 1 atom stereocenters. The van der Waals surface area contributed by atoms with Crippen LogP contribution in [0.5, 0.6) is 0 Å². The van der Waals surface area contributed by atoms with Crippen LogP contribution in [-0.2, 0) is 17.4 Å². The van der Waals surface area contributed by atoms with Gasteiger partial charge in [-0.2, -0.15) is 0 Å². The van der Waals surface area contributed by atoms with Crippen LogP contribution in [0.15, 0.2) is 0 Å². The average Bonchev–Trinajstić information content (AvgIpc) is 1.65. The zero-order valence-electron chi connectivity index (χ0n) is 4.35. The molecule has 3 heteroatoms. The van der Waals surface area contributed by atoms with Gasteiger partial charge in [-0.3, -0.25) is 7.05 Å². The van der Waals surface area contributed by atoms with Gasteiger partial charge in [0, 0.05) is 17.4 Å². The zero-order valence-corrected chi connectivity index (χ0v) is 5.62. The van der Waals surface area contributed by atoms with E-state index in [0.29, 0.717) is 0 Å². The molecule has 0 aromatic rings. The van der Waals surface area contributed by atoms with Crippen LogP contribution in [0.3, 0.4) is 0 Å². The Bertz CT molecular complexity index is 30.9. The summed E-state index contributed by atoms with van der Waals surface area (Å²) in [6, 6.07) is 0.130. The Hall–Kier alpha value is 0.452. The van der Waals surface area contributed by atoms with Crippen molar-refractivity contribution in [3.8, 4) is 0 Å². The average molecular weight is 140 g/mol. The minimum absolute atomic E-state index is 0. The minimum atomic E-state index is 0. The number of aliphatic hydroxyl groups is 1. The molecular weight excluding hydrogens is 130 g/mol. The molecule has 0 aliphatic carbocycles. The number of aliphatic hydroxyl groups excluding tert-OH is 1. The van der Waals surface area contributed by atoms with Gasteiger partial charge in [0.1, 0.15) is 0 Å². The summed E-state index contributed by atoms with van der Waals surface area (Å²) < 4.78 is 0. The van der Waals surface area contributed by atoms with Gasteiger partial charge in [0.25, 0.3) is 0 Å². The first-order chi connectivity index (χ1) is 2.81. The van der Waals surface area contributed by atoms with Crippen LogP contribution >= 0.6 is 0 Å². The van der Waals surface area contributed by atoms with Crippen molar-refractivity contribution in [3.63, 3.8) is 0 Å². The van der Waals surface area contributed by atoms with E-state index in [-0.39, 0.29) is 30.0 Å². The van der Waals surface area contributed by atoms with Gasteiger partial charge in [-0.25, -0.2) is 0 Å². The van der Waals surface area contributed by atoms with E-state index in [1.165, 1.54) is 0 Å². The van der Waals surface area contributed by atoms with Crippen molar-refractivity contribution in [2.45, 2.75) is 13.0 Å². The molecule has 2 N–H and O–H groups in total. The Kier molecular flexibility index (Phi) is 9.62. The summed E-state index contributed by atoms with van der Waals surface area (Å²) in [5.41, 5.74) is 0. The first kappa shape index (κ1) is 10.4. The fourth-order valence-corrected chi connectivity index (χ4v) is 0.0645. The maximum Gasteiger partial charge on any atom is 0.0558 e. The Labute approximate surface area is 55.1 Å². The molecule has 0 fully saturated rings. The first-order valence-corrected chi connectivity index (χ1v) is 1.94.